The van der Waals surface area contributed by atoms with Gasteiger partial charge in [0.2, 0.25) is 5.91 Å². The van der Waals surface area contributed by atoms with E-state index in [2.05, 4.69) is 5.32 Å². The van der Waals surface area contributed by atoms with Crippen LogP contribution < -0.4 is 10.1 Å². The molecule has 0 saturated carbocycles. The van der Waals surface area contributed by atoms with Gasteiger partial charge >= 0.3 is 0 Å². The Labute approximate surface area is 127 Å². The average Bonchev–Trinajstić information content (AvgIpc) is 2.31. The van der Waals surface area contributed by atoms with E-state index in [1.165, 1.54) is 0 Å². The zero-order valence-corrected chi connectivity index (χ0v) is 13.9. The SMILES string of the molecule is Cc1ccc(C)c(OCCC(=O)NC(C)(C)C(C)(C)O)c1. The molecule has 0 bridgehead atoms. The van der Waals surface area contributed by atoms with Gasteiger partial charge in [0, 0.05) is 0 Å². The van der Waals surface area contributed by atoms with Gasteiger partial charge in [0.25, 0.3) is 0 Å². The highest BCUT2D eigenvalue weighted by atomic mass is 16.5. The van der Waals surface area contributed by atoms with Gasteiger partial charge in [-0.3, -0.25) is 4.79 Å². The fourth-order valence-electron chi connectivity index (χ4n) is 1.68. The average molecular weight is 293 g/mol. The second-order valence-corrected chi connectivity index (χ2v) is 6.60. The summed E-state index contributed by atoms with van der Waals surface area (Å²) in [5, 5.41) is 12.9. The first kappa shape index (κ1) is 17.5. The molecule has 4 heteroatoms. The summed E-state index contributed by atoms with van der Waals surface area (Å²) in [5.74, 6) is 0.678. The summed E-state index contributed by atoms with van der Waals surface area (Å²) in [7, 11) is 0. The number of rotatable bonds is 6. The van der Waals surface area contributed by atoms with Crippen LogP contribution in [0.5, 0.6) is 5.75 Å². The molecule has 1 rings (SSSR count). The lowest BCUT2D eigenvalue weighted by Gasteiger charge is -2.38. The van der Waals surface area contributed by atoms with Crippen LogP contribution in [-0.2, 0) is 4.79 Å². The minimum Gasteiger partial charge on any atom is -0.493 e. The molecular formula is C17H27NO3. The summed E-state index contributed by atoms with van der Waals surface area (Å²) < 4.78 is 5.67. The van der Waals surface area contributed by atoms with E-state index in [0.717, 1.165) is 16.9 Å². The topological polar surface area (TPSA) is 58.6 Å². The molecule has 0 spiro atoms. The van der Waals surface area contributed by atoms with Crippen molar-refractivity contribution in [3.63, 3.8) is 0 Å². The molecule has 0 radical (unpaired) electrons. The Hall–Kier alpha value is -1.55. The third-order valence-corrected chi connectivity index (χ3v) is 3.91. The smallest absolute Gasteiger partial charge is 0.223 e. The summed E-state index contributed by atoms with van der Waals surface area (Å²) >= 11 is 0. The van der Waals surface area contributed by atoms with Crippen LogP contribution in [-0.4, -0.2) is 28.8 Å². The van der Waals surface area contributed by atoms with Crippen LogP contribution >= 0.6 is 0 Å². The van der Waals surface area contributed by atoms with Gasteiger partial charge in [0.05, 0.1) is 24.2 Å². The maximum absolute atomic E-state index is 11.9. The highest BCUT2D eigenvalue weighted by molar-refractivity contribution is 5.77. The minimum atomic E-state index is -0.989. The molecule has 1 aromatic carbocycles. The summed E-state index contributed by atoms with van der Waals surface area (Å²) in [6.45, 7) is 11.3. The van der Waals surface area contributed by atoms with Crippen molar-refractivity contribution in [1.29, 1.82) is 0 Å². The molecule has 118 valence electrons. The normalized spacial score (nSPS) is 12.1. The van der Waals surface area contributed by atoms with E-state index in [4.69, 9.17) is 4.74 Å². The van der Waals surface area contributed by atoms with Crippen molar-refractivity contribution < 1.29 is 14.6 Å². The molecule has 0 aromatic heterocycles. The molecule has 0 saturated heterocycles. The van der Waals surface area contributed by atoms with Crippen LogP contribution in [0.3, 0.4) is 0 Å². The molecule has 4 nitrogen and oxygen atoms in total. The fourth-order valence-corrected chi connectivity index (χ4v) is 1.68. The molecule has 0 fully saturated rings. The number of aryl methyl sites for hydroxylation is 2. The molecule has 21 heavy (non-hydrogen) atoms. The summed E-state index contributed by atoms with van der Waals surface area (Å²) in [6.07, 6.45) is 0.257. The number of benzene rings is 1. The zero-order chi connectivity index (χ0) is 16.3. The molecule has 1 aromatic rings. The molecule has 0 aliphatic carbocycles. The van der Waals surface area contributed by atoms with E-state index in [-0.39, 0.29) is 12.3 Å². The molecule has 0 atom stereocenters. The van der Waals surface area contributed by atoms with E-state index in [1.807, 2.05) is 32.0 Å². The lowest BCUT2D eigenvalue weighted by Crippen LogP contribution is -2.57. The standard InChI is InChI=1S/C17H27NO3/c1-12-7-8-13(2)14(11-12)21-10-9-15(19)18-16(3,4)17(5,6)20/h7-8,11,20H,9-10H2,1-6H3,(H,18,19). The fraction of sp³-hybridized carbons (Fsp3) is 0.588. The maximum Gasteiger partial charge on any atom is 0.223 e. The Morgan fingerprint density at radius 1 is 1.24 bits per heavy atom. The molecule has 2 N–H and O–H groups in total. The number of aliphatic hydroxyl groups is 1. The Morgan fingerprint density at radius 2 is 1.86 bits per heavy atom. The van der Waals surface area contributed by atoms with E-state index < -0.39 is 11.1 Å². The van der Waals surface area contributed by atoms with Crippen LogP contribution in [0.4, 0.5) is 0 Å². The molecule has 0 aliphatic rings. The Bertz CT molecular complexity index is 501. The minimum absolute atomic E-state index is 0.132. The van der Waals surface area contributed by atoms with Gasteiger partial charge in [-0.2, -0.15) is 0 Å². The van der Waals surface area contributed by atoms with Crippen LogP contribution in [0.2, 0.25) is 0 Å². The number of nitrogens with one attached hydrogen (secondary N) is 1. The number of hydrogen-bond acceptors (Lipinski definition) is 3. The van der Waals surface area contributed by atoms with Crippen molar-refractivity contribution >= 4 is 5.91 Å². The van der Waals surface area contributed by atoms with Crippen LogP contribution in [0.15, 0.2) is 18.2 Å². The van der Waals surface area contributed by atoms with Gasteiger partial charge in [-0.25, -0.2) is 0 Å². The van der Waals surface area contributed by atoms with E-state index in [0.29, 0.717) is 6.61 Å². The van der Waals surface area contributed by atoms with Crippen molar-refractivity contribution in [3.05, 3.63) is 29.3 Å². The predicted molar refractivity (Wildman–Crippen MR) is 84.5 cm³/mol. The largest absolute Gasteiger partial charge is 0.493 e. The molecule has 0 aliphatic heterocycles. The van der Waals surface area contributed by atoms with Crippen molar-refractivity contribution in [1.82, 2.24) is 5.32 Å². The second kappa shape index (κ2) is 6.48. The predicted octanol–water partition coefficient (Wildman–Crippen LogP) is 2.74. The first-order chi connectivity index (χ1) is 9.53. The Balaban J connectivity index is 2.49. The van der Waals surface area contributed by atoms with Gasteiger partial charge in [-0.05, 0) is 58.7 Å². The molecular weight excluding hydrogens is 266 g/mol. The Kier molecular flexibility index (Phi) is 5.40. The first-order valence-electron chi connectivity index (χ1n) is 7.26. The molecule has 0 unspecified atom stereocenters. The van der Waals surface area contributed by atoms with Gasteiger partial charge in [-0.15, -0.1) is 0 Å². The summed E-state index contributed by atoms with van der Waals surface area (Å²) in [4.78, 5) is 11.9. The van der Waals surface area contributed by atoms with Crippen LogP contribution in [0.1, 0.15) is 45.2 Å². The lowest BCUT2D eigenvalue weighted by molar-refractivity contribution is -0.126. The highest BCUT2D eigenvalue weighted by Crippen LogP contribution is 2.21. The molecule has 0 heterocycles. The van der Waals surface area contributed by atoms with Gasteiger partial charge in [-0.1, -0.05) is 12.1 Å². The van der Waals surface area contributed by atoms with Crippen LogP contribution in [0, 0.1) is 13.8 Å². The van der Waals surface area contributed by atoms with Gasteiger partial charge in [0.15, 0.2) is 0 Å². The second-order valence-electron chi connectivity index (χ2n) is 6.60. The van der Waals surface area contributed by atoms with Crippen molar-refractivity contribution in [2.75, 3.05) is 6.61 Å². The highest BCUT2D eigenvalue weighted by Gasteiger charge is 2.36. The molecule has 1 amide bonds. The first-order valence-corrected chi connectivity index (χ1v) is 7.26. The van der Waals surface area contributed by atoms with Crippen LogP contribution in [0.25, 0.3) is 0 Å². The van der Waals surface area contributed by atoms with Crippen molar-refractivity contribution in [2.45, 2.75) is 59.1 Å². The van der Waals surface area contributed by atoms with Crippen molar-refractivity contribution in [2.24, 2.45) is 0 Å². The lowest BCUT2D eigenvalue weighted by atomic mass is 9.86. The number of carbonyl (C=O) groups is 1. The summed E-state index contributed by atoms with van der Waals surface area (Å²) in [6, 6.07) is 6.00. The van der Waals surface area contributed by atoms with Gasteiger partial charge in [0.1, 0.15) is 5.75 Å². The number of amides is 1. The maximum atomic E-state index is 11.9. The summed E-state index contributed by atoms with van der Waals surface area (Å²) in [5.41, 5.74) is 0.501. The third kappa shape index (κ3) is 5.05. The Morgan fingerprint density at radius 3 is 2.43 bits per heavy atom. The van der Waals surface area contributed by atoms with Crippen molar-refractivity contribution in [3.8, 4) is 5.75 Å². The van der Waals surface area contributed by atoms with Gasteiger partial charge < -0.3 is 15.2 Å². The van der Waals surface area contributed by atoms with E-state index in [1.54, 1.807) is 27.7 Å². The monoisotopic (exact) mass is 293 g/mol. The van der Waals surface area contributed by atoms with E-state index >= 15 is 0 Å². The quantitative estimate of drug-likeness (QED) is 0.848. The number of ether oxygens (including phenoxy) is 1. The van der Waals surface area contributed by atoms with E-state index in [9.17, 15) is 9.90 Å². The zero-order valence-electron chi connectivity index (χ0n) is 13.9. The third-order valence-electron chi connectivity index (χ3n) is 3.91. The number of hydrogen-bond donors (Lipinski definition) is 2. The number of carbonyl (C=O) groups excluding carboxylic acids is 1.